The molecular weight excluding hydrogens is 275 g/mol. The first-order valence-electron chi connectivity index (χ1n) is 6.73. The van der Waals surface area contributed by atoms with Crippen LogP contribution in [0.5, 0.6) is 0 Å². The maximum atomic E-state index is 6.78. The molecule has 0 saturated carbocycles. The third-order valence-electron chi connectivity index (χ3n) is 4.55. The van der Waals surface area contributed by atoms with E-state index in [1.165, 1.54) is 22.3 Å². The summed E-state index contributed by atoms with van der Waals surface area (Å²) in [5.41, 5.74) is 5.34. The quantitative estimate of drug-likeness (QED) is 0.584. The Morgan fingerprint density at radius 2 is 1.26 bits per heavy atom. The van der Waals surface area contributed by atoms with E-state index in [1.807, 2.05) is 0 Å². The van der Waals surface area contributed by atoms with Gasteiger partial charge in [-0.25, -0.2) is 0 Å². The molecule has 0 fully saturated rings. The molecule has 0 N–H and O–H groups in total. The highest BCUT2D eigenvalue weighted by Crippen LogP contribution is 2.56. The Balaban J connectivity index is 2.05. The highest BCUT2D eigenvalue weighted by molar-refractivity contribution is 6.23. The molecule has 2 heteroatoms. The molecule has 4 atom stereocenters. The fourth-order valence-electron chi connectivity index (χ4n) is 3.73. The molecule has 0 saturated heterocycles. The van der Waals surface area contributed by atoms with Crippen molar-refractivity contribution < 1.29 is 0 Å². The van der Waals surface area contributed by atoms with Gasteiger partial charge in [-0.15, -0.1) is 23.2 Å². The van der Waals surface area contributed by atoms with Crippen LogP contribution in [0.4, 0.5) is 0 Å². The van der Waals surface area contributed by atoms with Gasteiger partial charge < -0.3 is 0 Å². The average molecular weight is 289 g/mol. The number of benzene rings is 2. The Labute approximate surface area is 123 Å². The molecule has 2 bridgehead atoms. The zero-order valence-corrected chi connectivity index (χ0v) is 11.9. The summed E-state index contributed by atoms with van der Waals surface area (Å²) in [5.74, 6) is 0.620. The van der Waals surface area contributed by atoms with Crippen molar-refractivity contribution in [3.63, 3.8) is 0 Å². The maximum absolute atomic E-state index is 6.78. The number of alkyl halides is 2. The predicted octanol–water partition coefficient (Wildman–Crippen LogP) is 5.21. The molecule has 0 radical (unpaired) electrons. The molecule has 3 aliphatic carbocycles. The Morgan fingerprint density at radius 1 is 0.737 bits per heavy atom. The second-order valence-electron chi connectivity index (χ2n) is 5.50. The first-order chi connectivity index (χ1) is 9.27. The van der Waals surface area contributed by atoms with Crippen molar-refractivity contribution in [1.82, 2.24) is 0 Å². The van der Waals surface area contributed by atoms with Crippen LogP contribution in [0.1, 0.15) is 45.9 Å². The second kappa shape index (κ2) is 4.26. The Hall–Kier alpha value is -0.980. The summed E-state index contributed by atoms with van der Waals surface area (Å²) in [6, 6.07) is 17.2. The van der Waals surface area contributed by atoms with Crippen molar-refractivity contribution in [2.24, 2.45) is 0 Å². The molecule has 0 aliphatic heterocycles. The largest absolute Gasteiger partial charge is 0.122 e. The number of halogens is 2. The molecule has 5 rings (SSSR count). The summed E-state index contributed by atoms with van der Waals surface area (Å²) < 4.78 is 0. The van der Waals surface area contributed by atoms with Crippen molar-refractivity contribution in [3.8, 4) is 0 Å². The fourth-order valence-corrected chi connectivity index (χ4v) is 4.63. The Kier molecular flexibility index (Phi) is 2.65. The lowest BCUT2D eigenvalue weighted by atomic mass is 9.76. The standard InChI is InChI=1S/C17H14Cl2/c18-15-9-14-10-5-1-2-6-11(10)16(15)12-7-3-4-8-13(12)17(14)19/h1-8,14-17H,9H2/t14-,15-,16+,17+/m1/s1. The monoisotopic (exact) mass is 288 g/mol. The van der Waals surface area contributed by atoms with Gasteiger partial charge in [0.25, 0.3) is 0 Å². The minimum atomic E-state index is 0.0334. The van der Waals surface area contributed by atoms with Gasteiger partial charge in [0.15, 0.2) is 0 Å². The van der Waals surface area contributed by atoms with Crippen LogP contribution in [0, 0.1) is 0 Å². The summed E-state index contributed by atoms with van der Waals surface area (Å²) in [6.45, 7) is 0. The van der Waals surface area contributed by atoms with Crippen molar-refractivity contribution in [3.05, 3.63) is 70.8 Å². The SMILES string of the molecule is Cl[C@@H]1C[C@@H]2c3ccccc3[C@H]1c1ccccc1[C@@H]2Cl. The maximum Gasteiger partial charge on any atom is 0.0657 e. The van der Waals surface area contributed by atoms with E-state index in [-0.39, 0.29) is 16.7 Å². The van der Waals surface area contributed by atoms with Gasteiger partial charge in [-0.2, -0.15) is 0 Å². The van der Waals surface area contributed by atoms with E-state index in [1.54, 1.807) is 0 Å². The van der Waals surface area contributed by atoms with Crippen molar-refractivity contribution in [1.29, 1.82) is 0 Å². The summed E-state index contributed by atoms with van der Waals surface area (Å²) >= 11 is 13.5. The first-order valence-corrected chi connectivity index (χ1v) is 7.60. The molecule has 0 aromatic heterocycles. The summed E-state index contributed by atoms with van der Waals surface area (Å²) in [5, 5.41) is 0.177. The van der Waals surface area contributed by atoms with Crippen molar-refractivity contribution >= 4 is 23.2 Å². The molecule has 0 heterocycles. The van der Waals surface area contributed by atoms with Gasteiger partial charge in [-0.3, -0.25) is 0 Å². The van der Waals surface area contributed by atoms with E-state index in [2.05, 4.69) is 48.5 Å². The minimum absolute atomic E-state index is 0.0334. The summed E-state index contributed by atoms with van der Waals surface area (Å²) in [6.07, 6.45) is 0.964. The van der Waals surface area contributed by atoms with Crippen LogP contribution in [-0.4, -0.2) is 5.38 Å². The Bertz CT molecular complexity index is 629. The first kappa shape index (κ1) is 11.8. The van der Waals surface area contributed by atoms with Gasteiger partial charge in [0.05, 0.1) is 5.38 Å². The topological polar surface area (TPSA) is 0 Å². The number of hydrogen-bond donors (Lipinski definition) is 0. The highest BCUT2D eigenvalue weighted by Gasteiger charge is 2.43. The van der Waals surface area contributed by atoms with Gasteiger partial charge in [-0.1, -0.05) is 48.5 Å². The van der Waals surface area contributed by atoms with Crippen LogP contribution in [0.3, 0.4) is 0 Å². The van der Waals surface area contributed by atoms with E-state index in [0.29, 0.717) is 5.92 Å². The summed E-state index contributed by atoms with van der Waals surface area (Å²) in [4.78, 5) is 0. The number of fused-ring (bicyclic) bond motifs is 1. The zero-order chi connectivity index (χ0) is 13.0. The van der Waals surface area contributed by atoms with Gasteiger partial charge in [0, 0.05) is 17.2 Å². The van der Waals surface area contributed by atoms with Crippen molar-refractivity contribution in [2.75, 3.05) is 0 Å². The van der Waals surface area contributed by atoms with E-state index in [4.69, 9.17) is 23.2 Å². The third-order valence-corrected chi connectivity index (χ3v) is 5.52. The molecule has 2 aromatic rings. The molecule has 0 nitrogen and oxygen atoms in total. The average Bonchev–Trinajstić information content (AvgIpc) is 2.62. The smallest absolute Gasteiger partial charge is 0.0657 e. The van der Waals surface area contributed by atoms with Crippen LogP contribution in [0.2, 0.25) is 0 Å². The molecular formula is C17H14Cl2. The lowest BCUT2D eigenvalue weighted by molar-refractivity contribution is 0.541. The lowest BCUT2D eigenvalue weighted by Crippen LogP contribution is -2.23. The van der Waals surface area contributed by atoms with Crippen LogP contribution in [0.15, 0.2) is 48.5 Å². The van der Waals surface area contributed by atoms with E-state index < -0.39 is 0 Å². The van der Waals surface area contributed by atoms with Crippen molar-refractivity contribution in [2.45, 2.75) is 29.0 Å². The molecule has 19 heavy (non-hydrogen) atoms. The third kappa shape index (κ3) is 1.60. The van der Waals surface area contributed by atoms with Crippen LogP contribution >= 0.6 is 23.2 Å². The van der Waals surface area contributed by atoms with E-state index >= 15 is 0 Å². The molecule has 3 aliphatic rings. The lowest BCUT2D eigenvalue weighted by Gasteiger charge is -2.32. The van der Waals surface area contributed by atoms with Gasteiger partial charge in [-0.05, 0) is 28.7 Å². The number of hydrogen-bond acceptors (Lipinski definition) is 0. The number of rotatable bonds is 0. The highest BCUT2D eigenvalue weighted by atomic mass is 35.5. The molecule has 0 amide bonds. The van der Waals surface area contributed by atoms with Gasteiger partial charge >= 0.3 is 0 Å². The minimum Gasteiger partial charge on any atom is -0.122 e. The van der Waals surface area contributed by atoms with E-state index in [0.717, 1.165) is 6.42 Å². The van der Waals surface area contributed by atoms with Gasteiger partial charge in [0.2, 0.25) is 0 Å². The zero-order valence-electron chi connectivity index (χ0n) is 10.4. The van der Waals surface area contributed by atoms with Crippen LogP contribution in [-0.2, 0) is 0 Å². The fraction of sp³-hybridized carbons (Fsp3) is 0.294. The molecule has 96 valence electrons. The predicted molar refractivity (Wildman–Crippen MR) is 80.3 cm³/mol. The Morgan fingerprint density at radius 3 is 1.95 bits per heavy atom. The molecule has 0 spiro atoms. The molecule has 0 unspecified atom stereocenters. The van der Waals surface area contributed by atoms with Crippen LogP contribution in [0.25, 0.3) is 0 Å². The molecule has 2 aromatic carbocycles. The van der Waals surface area contributed by atoms with Crippen LogP contribution < -0.4 is 0 Å². The summed E-state index contributed by atoms with van der Waals surface area (Å²) in [7, 11) is 0. The van der Waals surface area contributed by atoms with E-state index in [9.17, 15) is 0 Å². The second-order valence-corrected chi connectivity index (χ2v) is 6.53. The normalized spacial score (nSPS) is 31.5. The van der Waals surface area contributed by atoms with Gasteiger partial charge in [0.1, 0.15) is 0 Å².